The van der Waals surface area contributed by atoms with Gasteiger partial charge in [0, 0.05) is 13.1 Å². The molecule has 1 saturated heterocycles. The van der Waals surface area contributed by atoms with E-state index < -0.39 is 0 Å². The molecule has 1 aliphatic heterocycles. The molecule has 6 nitrogen and oxygen atoms in total. The molecule has 2 aromatic carbocycles. The van der Waals surface area contributed by atoms with E-state index >= 15 is 0 Å². The normalized spacial score (nSPS) is 20.1. The van der Waals surface area contributed by atoms with Gasteiger partial charge in [-0.15, -0.1) is 0 Å². The molecule has 0 radical (unpaired) electrons. The van der Waals surface area contributed by atoms with Crippen molar-refractivity contribution in [3.63, 3.8) is 0 Å². The van der Waals surface area contributed by atoms with Gasteiger partial charge >= 0.3 is 0 Å². The highest BCUT2D eigenvalue weighted by Gasteiger charge is 2.31. The second-order valence-electron chi connectivity index (χ2n) is 9.56. The zero-order valence-electron chi connectivity index (χ0n) is 19.7. The maximum Gasteiger partial charge on any atom is 0.225 e. The highest BCUT2D eigenvalue weighted by atomic mass is 32.1. The van der Waals surface area contributed by atoms with E-state index in [9.17, 15) is 9.18 Å². The lowest BCUT2D eigenvalue weighted by Crippen LogP contribution is -2.44. The Kier molecular flexibility index (Phi) is 5.76. The van der Waals surface area contributed by atoms with Gasteiger partial charge in [0.15, 0.2) is 10.8 Å². The SMILES string of the molecule is Cc1nn(-c2cccc(F)c2)c2nc(N3CCC[C@@H](C(=O)N[C@H]4CCCc5ccccc54)C3)sc12. The first-order valence-electron chi connectivity index (χ1n) is 12.3. The Balaban J connectivity index is 1.21. The van der Waals surface area contributed by atoms with Gasteiger partial charge in [-0.2, -0.15) is 10.1 Å². The fourth-order valence-electron chi connectivity index (χ4n) is 5.40. The number of nitrogens with one attached hydrogen (secondary N) is 1. The summed E-state index contributed by atoms with van der Waals surface area (Å²) in [6.45, 7) is 3.48. The molecule has 180 valence electrons. The van der Waals surface area contributed by atoms with Crippen LogP contribution >= 0.6 is 11.3 Å². The molecular formula is C27H28FN5OS. The van der Waals surface area contributed by atoms with E-state index in [0.29, 0.717) is 12.2 Å². The number of thiazole rings is 1. The van der Waals surface area contributed by atoms with Crippen molar-refractivity contribution in [3.05, 3.63) is 71.2 Å². The summed E-state index contributed by atoms with van der Waals surface area (Å²) in [5.41, 5.74) is 4.88. The number of nitrogens with zero attached hydrogens (tertiary/aromatic N) is 4. The molecule has 0 unspecified atom stereocenters. The summed E-state index contributed by atoms with van der Waals surface area (Å²) in [5, 5.41) is 8.84. The van der Waals surface area contributed by atoms with Crippen LogP contribution in [0, 0.1) is 18.7 Å². The van der Waals surface area contributed by atoms with Crippen molar-refractivity contribution in [2.75, 3.05) is 18.0 Å². The van der Waals surface area contributed by atoms with Crippen LogP contribution in [0.2, 0.25) is 0 Å². The van der Waals surface area contributed by atoms with Gasteiger partial charge in [-0.1, -0.05) is 41.7 Å². The number of piperidine rings is 1. The predicted molar refractivity (Wildman–Crippen MR) is 137 cm³/mol. The number of halogens is 1. The molecule has 2 atom stereocenters. The Morgan fingerprint density at radius 2 is 2.03 bits per heavy atom. The summed E-state index contributed by atoms with van der Waals surface area (Å²) < 4.78 is 16.5. The van der Waals surface area contributed by atoms with E-state index in [-0.39, 0.29) is 23.7 Å². The molecule has 0 saturated carbocycles. The quantitative estimate of drug-likeness (QED) is 0.420. The molecule has 8 heteroatoms. The lowest BCUT2D eigenvalue weighted by Gasteiger charge is -2.33. The van der Waals surface area contributed by atoms with Gasteiger partial charge in [0.1, 0.15) is 5.82 Å². The summed E-state index contributed by atoms with van der Waals surface area (Å²) in [6.07, 6.45) is 5.02. The van der Waals surface area contributed by atoms with Gasteiger partial charge in [-0.05, 0) is 68.4 Å². The number of anilines is 1. The van der Waals surface area contributed by atoms with Crippen LogP contribution in [0.3, 0.4) is 0 Å². The highest BCUT2D eigenvalue weighted by molar-refractivity contribution is 7.22. The van der Waals surface area contributed by atoms with Gasteiger partial charge in [-0.3, -0.25) is 4.79 Å². The van der Waals surface area contributed by atoms with Crippen LogP contribution < -0.4 is 10.2 Å². The summed E-state index contributed by atoms with van der Waals surface area (Å²) in [5.74, 6) is -0.227. The maximum absolute atomic E-state index is 13.8. The largest absolute Gasteiger partial charge is 0.349 e. The summed E-state index contributed by atoms with van der Waals surface area (Å²) >= 11 is 1.60. The van der Waals surface area contributed by atoms with Crippen LogP contribution in [-0.2, 0) is 11.2 Å². The summed E-state index contributed by atoms with van der Waals surface area (Å²) in [7, 11) is 0. The molecule has 35 heavy (non-hydrogen) atoms. The molecular weight excluding hydrogens is 461 g/mol. The molecule has 3 heterocycles. The maximum atomic E-state index is 13.8. The number of aromatic nitrogens is 3. The Morgan fingerprint density at radius 3 is 2.91 bits per heavy atom. The van der Waals surface area contributed by atoms with Crippen LogP contribution in [0.4, 0.5) is 9.52 Å². The fraction of sp³-hybridized carbons (Fsp3) is 0.370. The minimum Gasteiger partial charge on any atom is -0.349 e. The van der Waals surface area contributed by atoms with Crippen molar-refractivity contribution in [3.8, 4) is 5.69 Å². The standard InChI is InChI=1S/C27H28FN5OS/c1-17-24-25(33(31-17)21-11-5-10-20(28)15-21)30-27(35-24)32-14-6-9-19(16-32)26(34)29-23-13-4-8-18-7-2-3-12-22(18)23/h2-3,5,7,10-12,15,19,23H,4,6,8-9,13-14,16H2,1H3,(H,29,34)/t19-,23+/m1/s1. The number of carbonyl (C=O) groups is 1. The second kappa shape index (κ2) is 9.07. The zero-order valence-corrected chi connectivity index (χ0v) is 20.5. The molecule has 6 rings (SSSR count). The van der Waals surface area contributed by atoms with Crippen molar-refractivity contribution in [2.24, 2.45) is 5.92 Å². The van der Waals surface area contributed by atoms with E-state index in [2.05, 4.69) is 39.6 Å². The van der Waals surface area contributed by atoms with Gasteiger partial charge in [-0.25, -0.2) is 9.07 Å². The summed E-state index contributed by atoms with van der Waals surface area (Å²) in [4.78, 5) is 20.4. The first kappa shape index (κ1) is 22.2. The Labute approximate surface area is 207 Å². The van der Waals surface area contributed by atoms with Gasteiger partial charge in [0.25, 0.3) is 0 Å². The van der Waals surface area contributed by atoms with Gasteiger partial charge in [0.05, 0.1) is 28.0 Å². The van der Waals surface area contributed by atoms with Crippen molar-refractivity contribution in [1.29, 1.82) is 0 Å². The minimum atomic E-state index is -0.301. The molecule has 1 amide bonds. The molecule has 2 aromatic heterocycles. The molecule has 2 aliphatic rings. The molecule has 0 spiro atoms. The number of rotatable bonds is 4. The number of hydrogen-bond donors (Lipinski definition) is 1. The van der Waals surface area contributed by atoms with Crippen molar-refractivity contribution in [2.45, 2.75) is 45.1 Å². The third kappa shape index (κ3) is 4.20. The van der Waals surface area contributed by atoms with Crippen LogP contribution in [-0.4, -0.2) is 33.8 Å². The van der Waals surface area contributed by atoms with Gasteiger partial charge in [0.2, 0.25) is 5.91 Å². The number of fused-ring (bicyclic) bond motifs is 2. The fourth-order valence-corrected chi connectivity index (χ4v) is 6.43. The minimum absolute atomic E-state index is 0.0642. The average Bonchev–Trinajstić information content (AvgIpc) is 3.45. The third-order valence-electron chi connectivity index (χ3n) is 7.18. The number of amides is 1. The van der Waals surface area contributed by atoms with Crippen LogP contribution in [0.15, 0.2) is 48.5 Å². The van der Waals surface area contributed by atoms with E-state index in [1.54, 1.807) is 22.1 Å². The molecule has 0 bridgehead atoms. The monoisotopic (exact) mass is 489 g/mol. The average molecular weight is 490 g/mol. The van der Waals surface area contributed by atoms with E-state index in [1.807, 2.05) is 13.0 Å². The summed E-state index contributed by atoms with van der Waals surface area (Å²) in [6, 6.07) is 15.0. The molecule has 4 aromatic rings. The number of benzene rings is 2. The number of aryl methyl sites for hydroxylation is 2. The Hall–Kier alpha value is -3.26. The lowest BCUT2D eigenvalue weighted by molar-refractivity contribution is -0.126. The van der Waals surface area contributed by atoms with E-state index in [0.717, 1.165) is 59.8 Å². The first-order chi connectivity index (χ1) is 17.1. The van der Waals surface area contributed by atoms with Crippen LogP contribution in [0.25, 0.3) is 16.0 Å². The molecule has 1 N–H and O–H groups in total. The van der Waals surface area contributed by atoms with E-state index in [1.165, 1.54) is 23.3 Å². The third-order valence-corrected chi connectivity index (χ3v) is 8.39. The predicted octanol–water partition coefficient (Wildman–Crippen LogP) is 5.34. The zero-order chi connectivity index (χ0) is 23.9. The highest BCUT2D eigenvalue weighted by Crippen LogP contribution is 2.35. The number of carbonyl (C=O) groups excluding carboxylic acids is 1. The van der Waals surface area contributed by atoms with Gasteiger partial charge < -0.3 is 10.2 Å². The Morgan fingerprint density at radius 1 is 1.14 bits per heavy atom. The van der Waals surface area contributed by atoms with Crippen molar-refractivity contribution >= 4 is 32.7 Å². The van der Waals surface area contributed by atoms with Crippen molar-refractivity contribution < 1.29 is 9.18 Å². The second-order valence-corrected chi connectivity index (χ2v) is 10.5. The van der Waals surface area contributed by atoms with Crippen LogP contribution in [0.1, 0.15) is 48.5 Å². The van der Waals surface area contributed by atoms with Crippen molar-refractivity contribution in [1.82, 2.24) is 20.1 Å². The first-order valence-corrected chi connectivity index (χ1v) is 13.1. The lowest BCUT2D eigenvalue weighted by atomic mass is 9.87. The number of hydrogen-bond acceptors (Lipinski definition) is 5. The molecule has 1 fully saturated rings. The smallest absolute Gasteiger partial charge is 0.225 e. The van der Waals surface area contributed by atoms with Crippen LogP contribution in [0.5, 0.6) is 0 Å². The van der Waals surface area contributed by atoms with E-state index in [4.69, 9.17) is 4.98 Å². The topological polar surface area (TPSA) is 63.1 Å². The molecule has 1 aliphatic carbocycles. The Bertz CT molecular complexity index is 1400.